The summed E-state index contributed by atoms with van der Waals surface area (Å²) in [5.74, 6) is -0.436. The third-order valence-corrected chi connectivity index (χ3v) is 2.45. The molecule has 106 valence electrons. The Balaban J connectivity index is 2.14. The second-order valence-electron chi connectivity index (χ2n) is 3.79. The Kier molecular flexibility index (Phi) is 4.29. The molecule has 1 N–H and O–H groups in total. The molecule has 0 saturated carbocycles. The topological polar surface area (TPSA) is 64.2 Å². The second-order valence-corrected chi connectivity index (χ2v) is 3.79. The zero-order chi connectivity index (χ0) is 14.5. The maximum Gasteiger partial charge on any atom is 0.387 e. The molecule has 0 aliphatic carbocycles. The van der Waals surface area contributed by atoms with E-state index in [-0.39, 0.29) is 18.1 Å². The Labute approximate surface area is 113 Å². The highest BCUT2D eigenvalue weighted by atomic mass is 19.3. The lowest BCUT2D eigenvalue weighted by Crippen LogP contribution is -2.04. The average Bonchev–Trinajstić information content (AvgIpc) is 2.89. The van der Waals surface area contributed by atoms with Gasteiger partial charge in [-0.15, -0.1) is 0 Å². The van der Waals surface area contributed by atoms with Crippen LogP contribution in [-0.4, -0.2) is 29.4 Å². The van der Waals surface area contributed by atoms with E-state index in [9.17, 15) is 13.6 Å². The van der Waals surface area contributed by atoms with Crippen LogP contribution in [0.5, 0.6) is 5.75 Å². The monoisotopic (exact) mass is 282 g/mol. The molecule has 0 spiro atoms. The van der Waals surface area contributed by atoms with E-state index in [2.05, 4.69) is 14.9 Å². The molecule has 0 fully saturated rings. The van der Waals surface area contributed by atoms with E-state index in [1.165, 1.54) is 18.2 Å². The summed E-state index contributed by atoms with van der Waals surface area (Å²) in [6.07, 6.45) is 0. The fraction of sp³-hybridized carbons (Fsp3) is 0.231. The number of ether oxygens (including phenoxy) is 2. The Morgan fingerprint density at radius 3 is 2.65 bits per heavy atom. The van der Waals surface area contributed by atoms with Crippen LogP contribution in [0, 0.1) is 0 Å². The van der Waals surface area contributed by atoms with Crippen LogP contribution in [0.4, 0.5) is 8.78 Å². The Morgan fingerprint density at radius 1 is 1.35 bits per heavy atom. The summed E-state index contributed by atoms with van der Waals surface area (Å²) in [6, 6.07) is 7.48. The van der Waals surface area contributed by atoms with Gasteiger partial charge in [0.15, 0.2) is 0 Å². The van der Waals surface area contributed by atoms with Crippen LogP contribution in [0.2, 0.25) is 0 Å². The highest BCUT2D eigenvalue weighted by Crippen LogP contribution is 2.22. The molecule has 0 saturated heterocycles. The fourth-order valence-corrected chi connectivity index (χ4v) is 1.59. The summed E-state index contributed by atoms with van der Waals surface area (Å²) >= 11 is 0. The van der Waals surface area contributed by atoms with Crippen LogP contribution in [0.3, 0.4) is 0 Å². The van der Waals surface area contributed by atoms with E-state index in [4.69, 9.17) is 4.74 Å². The Hall–Kier alpha value is -2.44. The summed E-state index contributed by atoms with van der Waals surface area (Å²) in [5, 5.41) is 6.53. The number of hydrogen-bond donors (Lipinski definition) is 1. The number of carbonyl (C=O) groups excluding carboxylic acids is 1. The van der Waals surface area contributed by atoms with Gasteiger partial charge in [0.1, 0.15) is 11.4 Å². The van der Waals surface area contributed by atoms with Gasteiger partial charge in [-0.2, -0.15) is 13.9 Å². The molecule has 2 rings (SSSR count). The maximum atomic E-state index is 12.0. The lowest BCUT2D eigenvalue weighted by Gasteiger charge is -2.04. The summed E-state index contributed by atoms with van der Waals surface area (Å²) in [7, 11) is 0. The first kappa shape index (κ1) is 14.0. The van der Waals surface area contributed by atoms with Gasteiger partial charge in [0.25, 0.3) is 0 Å². The van der Waals surface area contributed by atoms with Crippen molar-refractivity contribution < 1.29 is 23.0 Å². The van der Waals surface area contributed by atoms with Crippen LogP contribution in [0.25, 0.3) is 11.3 Å². The number of halogens is 2. The van der Waals surface area contributed by atoms with Gasteiger partial charge in [0.2, 0.25) is 0 Å². The maximum absolute atomic E-state index is 12.0. The number of benzene rings is 1. The predicted molar refractivity (Wildman–Crippen MR) is 66.6 cm³/mol. The molecule has 0 aliphatic rings. The summed E-state index contributed by atoms with van der Waals surface area (Å²) in [5.41, 5.74) is 1.41. The van der Waals surface area contributed by atoms with Crippen LogP contribution in [0.1, 0.15) is 17.4 Å². The first-order chi connectivity index (χ1) is 9.60. The minimum atomic E-state index is -2.86. The third-order valence-electron chi connectivity index (χ3n) is 2.45. The fourth-order valence-electron chi connectivity index (χ4n) is 1.59. The summed E-state index contributed by atoms with van der Waals surface area (Å²) in [6.45, 7) is -0.884. The molecule has 1 aromatic carbocycles. The first-order valence-corrected chi connectivity index (χ1v) is 5.88. The number of aromatic amines is 1. The number of H-pyrrole nitrogens is 1. The number of alkyl halides is 2. The van der Waals surface area contributed by atoms with Crippen molar-refractivity contribution in [1.29, 1.82) is 0 Å². The van der Waals surface area contributed by atoms with Crippen molar-refractivity contribution in [2.75, 3.05) is 6.61 Å². The average molecular weight is 282 g/mol. The van der Waals surface area contributed by atoms with Gasteiger partial charge in [-0.1, -0.05) is 0 Å². The van der Waals surface area contributed by atoms with Crippen molar-refractivity contribution in [3.8, 4) is 17.0 Å². The van der Waals surface area contributed by atoms with Crippen LogP contribution < -0.4 is 4.74 Å². The van der Waals surface area contributed by atoms with Gasteiger partial charge < -0.3 is 9.47 Å². The highest BCUT2D eigenvalue weighted by Gasteiger charge is 2.12. The molecule has 0 atom stereocenters. The van der Waals surface area contributed by atoms with Gasteiger partial charge in [0, 0.05) is 5.56 Å². The largest absolute Gasteiger partial charge is 0.461 e. The summed E-state index contributed by atoms with van der Waals surface area (Å²) in [4.78, 5) is 11.5. The first-order valence-electron chi connectivity index (χ1n) is 5.88. The summed E-state index contributed by atoms with van der Waals surface area (Å²) < 4.78 is 33.1. The minimum Gasteiger partial charge on any atom is -0.461 e. The normalized spacial score (nSPS) is 10.6. The van der Waals surface area contributed by atoms with Crippen molar-refractivity contribution in [2.24, 2.45) is 0 Å². The van der Waals surface area contributed by atoms with E-state index in [1.54, 1.807) is 19.1 Å². The second kappa shape index (κ2) is 6.14. The number of nitrogens with zero attached hydrogens (tertiary/aromatic N) is 1. The quantitative estimate of drug-likeness (QED) is 0.856. The van der Waals surface area contributed by atoms with Crippen molar-refractivity contribution in [3.63, 3.8) is 0 Å². The van der Waals surface area contributed by atoms with Crippen LogP contribution >= 0.6 is 0 Å². The molecule has 5 nitrogen and oxygen atoms in total. The number of aromatic nitrogens is 2. The van der Waals surface area contributed by atoms with Gasteiger partial charge in [0.05, 0.1) is 12.3 Å². The number of nitrogens with one attached hydrogen (secondary N) is 1. The van der Waals surface area contributed by atoms with Crippen molar-refractivity contribution in [3.05, 3.63) is 36.0 Å². The highest BCUT2D eigenvalue weighted by molar-refractivity contribution is 5.88. The van der Waals surface area contributed by atoms with Crippen molar-refractivity contribution in [1.82, 2.24) is 10.2 Å². The predicted octanol–water partition coefficient (Wildman–Crippen LogP) is 2.85. The molecule has 0 amide bonds. The molecule has 0 radical (unpaired) electrons. The lowest BCUT2D eigenvalue weighted by atomic mass is 10.1. The molecule has 1 aromatic heterocycles. The molecule has 2 aromatic rings. The standard InChI is InChI=1S/C13H12F2N2O3/c1-2-19-12(18)11-7-10(16-17-11)8-3-5-9(6-4-8)20-13(14)15/h3-7,13H,2H2,1H3,(H,16,17). The molecule has 0 bridgehead atoms. The molecule has 0 aliphatic heterocycles. The van der Waals surface area contributed by atoms with Crippen LogP contribution in [-0.2, 0) is 4.74 Å². The minimum absolute atomic E-state index is 0.0601. The van der Waals surface area contributed by atoms with E-state index < -0.39 is 12.6 Å². The van der Waals surface area contributed by atoms with Crippen molar-refractivity contribution >= 4 is 5.97 Å². The number of esters is 1. The number of rotatable bonds is 5. The molecule has 7 heteroatoms. The van der Waals surface area contributed by atoms with Gasteiger partial charge in [-0.3, -0.25) is 5.10 Å². The van der Waals surface area contributed by atoms with Gasteiger partial charge in [-0.05, 0) is 37.3 Å². The van der Waals surface area contributed by atoms with E-state index in [1.807, 2.05) is 0 Å². The zero-order valence-corrected chi connectivity index (χ0v) is 10.6. The molecule has 0 unspecified atom stereocenters. The molecular weight excluding hydrogens is 270 g/mol. The zero-order valence-electron chi connectivity index (χ0n) is 10.6. The van der Waals surface area contributed by atoms with E-state index in [0.29, 0.717) is 11.3 Å². The molecular formula is C13H12F2N2O3. The van der Waals surface area contributed by atoms with Gasteiger partial charge >= 0.3 is 12.6 Å². The number of hydrogen-bond acceptors (Lipinski definition) is 4. The lowest BCUT2D eigenvalue weighted by molar-refractivity contribution is -0.0498. The SMILES string of the molecule is CCOC(=O)c1cc(-c2ccc(OC(F)F)cc2)n[nH]1. The molecule has 20 heavy (non-hydrogen) atoms. The molecule has 1 heterocycles. The smallest absolute Gasteiger partial charge is 0.387 e. The van der Waals surface area contributed by atoms with Crippen LogP contribution in [0.15, 0.2) is 30.3 Å². The van der Waals surface area contributed by atoms with E-state index >= 15 is 0 Å². The van der Waals surface area contributed by atoms with Crippen molar-refractivity contribution in [2.45, 2.75) is 13.5 Å². The van der Waals surface area contributed by atoms with Gasteiger partial charge in [-0.25, -0.2) is 4.79 Å². The van der Waals surface area contributed by atoms with E-state index in [0.717, 1.165) is 0 Å². The number of carbonyl (C=O) groups is 1. The Morgan fingerprint density at radius 2 is 2.05 bits per heavy atom. The third kappa shape index (κ3) is 3.31. The Bertz CT molecular complexity index is 582.